The maximum absolute atomic E-state index is 12.2. The van der Waals surface area contributed by atoms with Crippen LogP contribution in [0.3, 0.4) is 0 Å². The normalized spacial score (nSPS) is 18.2. The molecule has 0 saturated carbocycles. The van der Waals surface area contributed by atoms with Gasteiger partial charge in [0.15, 0.2) is 0 Å². The van der Waals surface area contributed by atoms with Gasteiger partial charge in [0.2, 0.25) is 0 Å². The Kier molecular flexibility index (Phi) is 5.60. The third-order valence-electron chi connectivity index (χ3n) is 4.58. The zero-order valence-corrected chi connectivity index (χ0v) is 14.4. The summed E-state index contributed by atoms with van der Waals surface area (Å²) in [6.45, 7) is 6.15. The monoisotopic (exact) mass is 344 g/mol. The Bertz CT molecular complexity index is 768. The predicted molar refractivity (Wildman–Crippen MR) is 93.1 cm³/mol. The lowest BCUT2D eigenvalue weighted by molar-refractivity contribution is 0.0928. The average molecular weight is 344 g/mol. The van der Waals surface area contributed by atoms with Gasteiger partial charge < -0.3 is 10.3 Å². The Hall–Kier alpha value is -2.48. The van der Waals surface area contributed by atoms with Gasteiger partial charge in [-0.1, -0.05) is 0 Å². The van der Waals surface area contributed by atoms with Crippen molar-refractivity contribution in [3.8, 4) is 0 Å². The largest absolute Gasteiger partial charge is 0.352 e. The van der Waals surface area contributed by atoms with Crippen LogP contribution in [0.5, 0.6) is 0 Å². The zero-order valence-electron chi connectivity index (χ0n) is 14.4. The number of amides is 1. The lowest BCUT2D eigenvalue weighted by Crippen LogP contribution is -2.41. The molecule has 8 nitrogen and oxygen atoms in total. The highest BCUT2D eigenvalue weighted by Crippen LogP contribution is 2.17. The van der Waals surface area contributed by atoms with Crippen LogP contribution in [-0.4, -0.2) is 50.2 Å². The molecule has 8 heteroatoms. The Labute approximate surface area is 146 Å². The van der Waals surface area contributed by atoms with Gasteiger partial charge in [0.1, 0.15) is 17.7 Å². The Morgan fingerprint density at radius 1 is 1.48 bits per heavy atom. The van der Waals surface area contributed by atoms with Crippen molar-refractivity contribution in [2.24, 2.45) is 5.92 Å². The van der Waals surface area contributed by atoms with Crippen molar-refractivity contribution in [2.75, 3.05) is 19.6 Å². The number of hydrogen-bond donors (Lipinski definition) is 2. The van der Waals surface area contributed by atoms with Crippen molar-refractivity contribution in [1.29, 1.82) is 0 Å². The smallest absolute Gasteiger partial charge is 0.260 e. The molecule has 0 aliphatic carbocycles. The molecule has 1 unspecified atom stereocenters. The lowest BCUT2D eigenvalue weighted by Gasteiger charge is -2.32. The van der Waals surface area contributed by atoms with E-state index in [2.05, 4.69) is 32.2 Å². The molecule has 1 aliphatic rings. The minimum Gasteiger partial charge on any atom is -0.352 e. The maximum Gasteiger partial charge on any atom is 0.260 e. The first-order valence-corrected chi connectivity index (χ1v) is 8.72. The molecule has 0 radical (unpaired) electrons. The number of nitrogens with zero attached hydrogens (tertiary/aromatic N) is 4. The number of likely N-dealkylation sites (tertiary alicyclic amines) is 1. The summed E-state index contributed by atoms with van der Waals surface area (Å²) in [5.74, 6) is 1.03. The minimum atomic E-state index is -0.357. The van der Waals surface area contributed by atoms with Gasteiger partial charge in [-0.15, -0.1) is 0 Å². The molecule has 0 spiro atoms. The fraction of sp³-hybridized carbons (Fsp3) is 0.529. The van der Waals surface area contributed by atoms with Crippen LogP contribution in [-0.2, 0) is 13.1 Å². The Morgan fingerprint density at radius 2 is 2.36 bits per heavy atom. The van der Waals surface area contributed by atoms with E-state index in [0.29, 0.717) is 12.5 Å². The number of rotatable bonds is 6. The second kappa shape index (κ2) is 8.06. The number of H-pyrrole nitrogens is 1. The Morgan fingerprint density at radius 3 is 3.16 bits per heavy atom. The number of aromatic nitrogens is 4. The fourth-order valence-electron chi connectivity index (χ4n) is 3.27. The minimum absolute atomic E-state index is 0.159. The molecule has 25 heavy (non-hydrogen) atoms. The molecule has 1 amide bonds. The topological polar surface area (TPSA) is 95.9 Å². The van der Waals surface area contributed by atoms with E-state index >= 15 is 0 Å². The van der Waals surface area contributed by atoms with Gasteiger partial charge in [0, 0.05) is 25.8 Å². The van der Waals surface area contributed by atoms with Crippen LogP contribution >= 0.6 is 0 Å². The van der Waals surface area contributed by atoms with Gasteiger partial charge in [-0.3, -0.25) is 14.5 Å². The molecule has 134 valence electrons. The molecule has 0 bridgehead atoms. The zero-order chi connectivity index (χ0) is 17.6. The van der Waals surface area contributed by atoms with E-state index in [0.717, 1.165) is 44.8 Å². The standard InChI is InChI=1S/C17H24N6O2/c1-2-23-15(20-12-21-23)11-22-8-4-5-13(10-22)9-19-17(25)14-6-3-7-18-16(14)24/h3,6-7,12-13H,2,4-5,8-11H2,1H3,(H,18,24)(H,19,25). The molecule has 0 aromatic carbocycles. The van der Waals surface area contributed by atoms with Crippen LogP contribution in [0.15, 0.2) is 29.5 Å². The molecule has 3 heterocycles. The van der Waals surface area contributed by atoms with Crippen molar-refractivity contribution >= 4 is 5.91 Å². The first-order chi connectivity index (χ1) is 12.2. The average Bonchev–Trinajstić information content (AvgIpc) is 3.07. The highest BCUT2D eigenvalue weighted by atomic mass is 16.2. The second-order valence-corrected chi connectivity index (χ2v) is 6.36. The van der Waals surface area contributed by atoms with Crippen LogP contribution in [0.2, 0.25) is 0 Å². The van der Waals surface area contributed by atoms with Crippen molar-refractivity contribution in [3.63, 3.8) is 0 Å². The van der Waals surface area contributed by atoms with Crippen LogP contribution in [0.25, 0.3) is 0 Å². The third-order valence-corrected chi connectivity index (χ3v) is 4.58. The molecule has 3 rings (SSSR count). The molecule has 1 fully saturated rings. The van der Waals surface area contributed by atoms with Crippen LogP contribution < -0.4 is 10.9 Å². The van der Waals surface area contributed by atoms with E-state index in [9.17, 15) is 9.59 Å². The SMILES string of the molecule is CCn1ncnc1CN1CCCC(CNC(=O)c2ccc[nH]c2=O)C1. The van der Waals surface area contributed by atoms with Gasteiger partial charge in [-0.25, -0.2) is 9.67 Å². The summed E-state index contributed by atoms with van der Waals surface area (Å²) in [5, 5.41) is 7.10. The first kappa shape index (κ1) is 17.3. The molecule has 2 aromatic heterocycles. The Balaban J connectivity index is 1.53. The number of nitrogens with one attached hydrogen (secondary N) is 2. The van der Waals surface area contributed by atoms with Gasteiger partial charge in [0.05, 0.1) is 6.54 Å². The van der Waals surface area contributed by atoms with Gasteiger partial charge >= 0.3 is 0 Å². The molecular formula is C17H24N6O2. The van der Waals surface area contributed by atoms with E-state index < -0.39 is 0 Å². The quantitative estimate of drug-likeness (QED) is 0.801. The molecule has 2 N–H and O–H groups in total. The molecule has 1 saturated heterocycles. The van der Waals surface area contributed by atoms with Crippen LogP contribution in [0.4, 0.5) is 0 Å². The van der Waals surface area contributed by atoms with Crippen molar-refractivity contribution in [2.45, 2.75) is 32.9 Å². The van der Waals surface area contributed by atoms with Crippen molar-refractivity contribution in [3.05, 3.63) is 46.4 Å². The lowest BCUT2D eigenvalue weighted by atomic mass is 9.98. The van der Waals surface area contributed by atoms with Crippen LogP contribution in [0, 0.1) is 5.92 Å². The number of pyridine rings is 1. The highest BCUT2D eigenvalue weighted by molar-refractivity contribution is 5.93. The van der Waals surface area contributed by atoms with E-state index in [-0.39, 0.29) is 17.0 Å². The summed E-state index contributed by atoms with van der Waals surface area (Å²) in [6, 6.07) is 3.20. The fourth-order valence-corrected chi connectivity index (χ4v) is 3.27. The molecule has 1 aliphatic heterocycles. The number of hydrogen-bond acceptors (Lipinski definition) is 5. The van der Waals surface area contributed by atoms with Gasteiger partial charge in [-0.05, 0) is 44.4 Å². The van der Waals surface area contributed by atoms with Crippen molar-refractivity contribution < 1.29 is 4.79 Å². The molecular weight excluding hydrogens is 320 g/mol. The summed E-state index contributed by atoms with van der Waals surface area (Å²) >= 11 is 0. The number of piperidine rings is 1. The third kappa shape index (κ3) is 4.33. The van der Waals surface area contributed by atoms with Crippen LogP contribution in [0.1, 0.15) is 35.9 Å². The number of carbonyl (C=O) groups excluding carboxylic acids is 1. The maximum atomic E-state index is 12.2. The van der Waals surface area contributed by atoms with E-state index in [1.54, 1.807) is 18.5 Å². The summed E-state index contributed by atoms with van der Waals surface area (Å²) in [4.78, 5) is 33.0. The summed E-state index contributed by atoms with van der Waals surface area (Å²) < 4.78 is 1.91. The highest BCUT2D eigenvalue weighted by Gasteiger charge is 2.22. The second-order valence-electron chi connectivity index (χ2n) is 6.36. The van der Waals surface area contributed by atoms with E-state index in [1.165, 1.54) is 6.20 Å². The number of aryl methyl sites for hydroxylation is 1. The molecule has 1 atom stereocenters. The number of aromatic amines is 1. The summed E-state index contributed by atoms with van der Waals surface area (Å²) in [5.41, 5.74) is -0.199. The summed E-state index contributed by atoms with van der Waals surface area (Å²) in [7, 11) is 0. The van der Waals surface area contributed by atoms with E-state index in [4.69, 9.17) is 0 Å². The number of carbonyl (C=O) groups is 1. The molecule has 2 aromatic rings. The van der Waals surface area contributed by atoms with E-state index in [1.807, 2.05) is 4.68 Å². The van der Waals surface area contributed by atoms with Crippen molar-refractivity contribution in [1.82, 2.24) is 30.0 Å². The first-order valence-electron chi connectivity index (χ1n) is 8.72. The summed E-state index contributed by atoms with van der Waals surface area (Å²) in [6.07, 6.45) is 5.28. The van der Waals surface area contributed by atoms with Gasteiger partial charge in [-0.2, -0.15) is 5.10 Å². The van der Waals surface area contributed by atoms with Gasteiger partial charge in [0.25, 0.3) is 11.5 Å². The predicted octanol–water partition coefficient (Wildman–Crippen LogP) is 0.628.